The van der Waals surface area contributed by atoms with Crippen molar-refractivity contribution in [2.75, 3.05) is 19.8 Å². The molecule has 3 heterocycles. The molecule has 0 saturated carbocycles. The van der Waals surface area contributed by atoms with Gasteiger partial charge in [-0.25, -0.2) is 9.97 Å². The van der Waals surface area contributed by atoms with Gasteiger partial charge in [-0.2, -0.15) is 0 Å². The number of hydrogen-bond donors (Lipinski definition) is 0. The smallest absolute Gasteiger partial charge is 0.176 e. The van der Waals surface area contributed by atoms with Crippen molar-refractivity contribution in [3.63, 3.8) is 0 Å². The first kappa shape index (κ1) is 11.4. The Bertz CT molecular complexity index is 514. The molecule has 0 amide bonds. The van der Waals surface area contributed by atoms with Gasteiger partial charge in [0.15, 0.2) is 11.6 Å². The first-order chi connectivity index (χ1) is 8.84. The minimum Gasteiger partial charge on any atom is -0.376 e. The number of hydrogen-bond acceptors (Lipinski definition) is 4. The predicted octanol–water partition coefficient (Wildman–Crippen LogP) is 0.699. The summed E-state index contributed by atoms with van der Waals surface area (Å²) in [6.45, 7) is 2.73. The molecule has 1 aliphatic heterocycles. The second kappa shape index (κ2) is 4.91. The minimum absolute atomic E-state index is 0.0898. The number of aryl methyl sites for hydroxylation is 1. The predicted molar refractivity (Wildman–Crippen MR) is 65.0 cm³/mol. The first-order valence-corrected chi connectivity index (χ1v) is 6.03. The third-order valence-corrected chi connectivity index (χ3v) is 3.02. The van der Waals surface area contributed by atoms with Crippen molar-refractivity contribution in [3.8, 4) is 11.6 Å². The lowest BCUT2D eigenvalue weighted by molar-refractivity contribution is -0.0934. The monoisotopic (exact) mass is 248 g/mol. The summed E-state index contributed by atoms with van der Waals surface area (Å²) < 4.78 is 15.1. The molecule has 2 aromatic heterocycles. The molecule has 1 atom stereocenters. The Morgan fingerprint density at radius 1 is 1.22 bits per heavy atom. The quantitative estimate of drug-likeness (QED) is 0.802. The standard InChI is InChI=1S/C12H16N4O2/c1-15-4-2-13-11(15)12-14-3-5-16(12)8-10-9-17-6-7-18-10/h2-5,10H,6-9H2,1H3/t10-/m0/s1. The summed E-state index contributed by atoms with van der Waals surface area (Å²) in [7, 11) is 1.96. The number of ether oxygens (including phenoxy) is 2. The molecule has 1 saturated heterocycles. The highest BCUT2D eigenvalue weighted by atomic mass is 16.6. The Morgan fingerprint density at radius 3 is 2.78 bits per heavy atom. The molecule has 0 radical (unpaired) electrons. The van der Waals surface area contributed by atoms with Crippen molar-refractivity contribution in [3.05, 3.63) is 24.8 Å². The van der Waals surface area contributed by atoms with Crippen molar-refractivity contribution in [2.45, 2.75) is 12.6 Å². The van der Waals surface area contributed by atoms with E-state index in [1.54, 1.807) is 12.4 Å². The van der Waals surface area contributed by atoms with Crippen LogP contribution in [0.1, 0.15) is 0 Å². The van der Waals surface area contributed by atoms with Gasteiger partial charge in [-0.3, -0.25) is 0 Å². The van der Waals surface area contributed by atoms with Gasteiger partial charge in [-0.15, -0.1) is 0 Å². The largest absolute Gasteiger partial charge is 0.376 e. The molecule has 6 heteroatoms. The molecule has 1 fully saturated rings. The van der Waals surface area contributed by atoms with E-state index >= 15 is 0 Å². The fourth-order valence-electron chi connectivity index (χ4n) is 2.11. The van der Waals surface area contributed by atoms with Crippen LogP contribution in [0.5, 0.6) is 0 Å². The molecule has 0 aromatic carbocycles. The third-order valence-electron chi connectivity index (χ3n) is 3.02. The Labute approximate surface area is 105 Å². The Morgan fingerprint density at radius 2 is 2.06 bits per heavy atom. The van der Waals surface area contributed by atoms with E-state index in [0.29, 0.717) is 19.8 Å². The van der Waals surface area contributed by atoms with Crippen LogP contribution in [0.15, 0.2) is 24.8 Å². The van der Waals surface area contributed by atoms with Crippen molar-refractivity contribution in [1.82, 2.24) is 19.1 Å². The zero-order valence-corrected chi connectivity index (χ0v) is 10.3. The normalized spacial score (nSPS) is 20.2. The maximum atomic E-state index is 5.65. The maximum Gasteiger partial charge on any atom is 0.176 e. The van der Waals surface area contributed by atoms with Crippen LogP contribution in [0.2, 0.25) is 0 Å². The second-order valence-corrected chi connectivity index (χ2v) is 4.33. The Hall–Kier alpha value is -1.66. The van der Waals surface area contributed by atoms with Crippen molar-refractivity contribution >= 4 is 0 Å². The van der Waals surface area contributed by atoms with Gasteiger partial charge in [-0.05, 0) is 0 Å². The second-order valence-electron chi connectivity index (χ2n) is 4.33. The van der Waals surface area contributed by atoms with E-state index < -0.39 is 0 Å². The summed E-state index contributed by atoms with van der Waals surface area (Å²) in [4.78, 5) is 8.69. The summed E-state index contributed by atoms with van der Waals surface area (Å²) in [5.74, 6) is 1.72. The minimum atomic E-state index is 0.0898. The highest BCUT2D eigenvalue weighted by molar-refractivity contribution is 5.44. The molecule has 3 rings (SSSR count). The van der Waals surface area contributed by atoms with Crippen LogP contribution in [0.25, 0.3) is 11.6 Å². The van der Waals surface area contributed by atoms with E-state index in [0.717, 1.165) is 18.2 Å². The van der Waals surface area contributed by atoms with E-state index in [2.05, 4.69) is 14.5 Å². The Balaban J connectivity index is 1.81. The number of nitrogens with zero attached hydrogens (tertiary/aromatic N) is 4. The fourth-order valence-corrected chi connectivity index (χ4v) is 2.11. The fraction of sp³-hybridized carbons (Fsp3) is 0.500. The van der Waals surface area contributed by atoms with E-state index in [4.69, 9.17) is 9.47 Å². The first-order valence-electron chi connectivity index (χ1n) is 6.03. The molecule has 18 heavy (non-hydrogen) atoms. The third kappa shape index (κ3) is 2.16. The van der Waals surface area contributed by atoms with E-state index in [1.807, 2.05) is 24.0 Å². The lowest BCUT2D eigenvalue weighted by Crippen LogP contribution is -2.32. The van der Waals surface area contributed by atoms with Gasteiger partial charge in [0.25, 0.3) is 0 Å². The summed E-state index contributed by atoms with van der Waals surface area (Å²) in [5, 5.41) is 0. The van der Waals surface area contributed by atoms with Gasteiger partial charge in [0.2, 0.25) is 0 Å². The molecule has 0 aliphatic carbocycles. The molecule has 0 N–H and O–H groups in total. The van der Waals surface area contributed by atoms with E-state index in [9.17, 15) is 0 Å². The zero-order chi connectivity index (χ0) is 12.4. The lowest BCUT2D eigenvalue weighted by Gasteiger charge is -2.23. The molecular formula is C12H16N4O2. The van der Waals surface area contributed by atoms with E-state index in [1.165, 1.54) is 0 Å². The highest BCUT2D eigenvalue weighted by Gasteiger charge is 2.18. The molecule has 0 spiro atoms. The molecule has 2 aromatic rings. The Kier molecular flexibility index (Phi) is 3.12. The SMILES string of the molecule is Cn1ccnc1-c1nccn1C[C@H]1COCCO1. The molecule has 1 aliphatic rings. The van der Waals surface area contributed by atoms with Crippen LogP contribution >= 0.6 is 0 Å². The average molecular weight is 248 g/mol. The van der Waals surface area contributed by atoms with Gasteiger partial charge in [0.05, 0.1) is 32.5 Å². The number of imidazole rings is 2. The van der Waals surface area contributed by atoms with Gasteiger partial charge >= 0.3 is 0 Å². The molecular weight excluding hydrogens is 232 g/mol. The number of rotatable bonds is 3. The van der Waals surface area contributed by atoms with Crippen LogP contribution in [0.3, 0.4) is 0 Å². The average Bonchev–Trinajstić information content (AvgIpc) is 2.99. The summed E-state index contributed by atoms with van der Waals surface area (Å²) in [5.41, 5.74) is 0. The lowest BCUT2D eigenvalue weighted by atomic mass is 10.3. The van der Waals surface area contributed by atoms with Crippen LogP contribution < -0.4 is 0 Å². The topological polar surface area (TPSA) is 54.1 Å². The van der Waals surface area contributed by atoms with Gasteiger partial charge in [0, 0.05) is 31.8 Å². The van der Waals surface area contributed by atoms with Crippen LogP contribution in [-0.2, 0) is 23.1 Å². The van der Waals surface area contributed by atoms with Gasteiger partial charge in [-0.1, -0.05) is 0 Å². The summed E-state index contributed by atoms with van der Waals surface area (Å²) in [6.07, 6.45) is 7.51. The summed E-state index contributed by atoms with van der Waals surface area (Å²) >= 11 is 0. The van der Waals surface area contributed by atoms with Gasteiger partial charge < -0.3 is 18.6 Å². The zero-order valence-electron chi connectivity index (χ0n) is 10.3. The molecule has 0 bridgehead atoms. The van der Waals surface area contributed by atoms with Crippen LogP contribution in [-0.4, -0.2) is 45.0 Å². The van der Waals surface area contributed by atoms with Crippen molar-refractivity contribution in [1.29, 1.82) is 0 Å². The number of aromatic nitrogens is 4. The highest BCUT2D eigenvalue weighted by Crippen LogP contribution is 2.16. The van der Waals surface area contributed by atoms with Crippen molar-refractivity contribution < 1.29 is 9.47 Å². The van der Waals surface area contributed by atoms with Crippen LogP contribution in [0, 0.1) is 0 Å². The van der Waals surface area contributed by atoms with Crippen molar-refractivity contribution in [2.24, 2.45) is 7.05 Å². The molecule has 96 valence electrons. The van der Waals surface area contributed by atoms with E-state index in [-0.39, 0.29) is 6.10 Å². The van der Waals surface area contributed by atoms with Crippen LogP contribution in [0.4, 0.5) is 0 Å². The summed E-state index contributed by atoms with van der Waals surface area (Å²) in [6, 6.07) is 0. The van der Waals surface area contributed by atoms with Gasteiger partial charge in [0.1, 0.15) is 0 Å². The molecule has 0 unspecified atom stereocenters. The maximum absolute atomic E-state index is 5.65. The molecule has 6 nitrogen and oxygen atoms in total.